The van der Waals surface area contributed by atoms with E-state index in [0.29, 0.717) is 12.0 Å². The average molecular weight is 265 g/mol. The van der Waals surface area contributed by atoms with Crippen LogP contribution in [-0.4, -0.2) is 17.2 Å². The maximum Gasteiger partial charge on any atom is 0.232 e. The number of hydrogen-bond acceptors (Lipinski definition) is 2. The molecule has 2 aromatic rings. The van der Waals surface area contributed by atoms with Gasteiger partial charge < -0.3 is 5.11 Å². The summed E-state index contributed by atoms with van der Waals surface area (Å²) in [5.74, 6) is -0.755. The Morgan fingerprint density at radius 3 is 2.85 bits per heavy atom. The van der Waals surface area contributed by atoms with Gasteiger partial charge in [0.25, 0.3) is 0 Å². The molecule has 1 aliphatic carbocycles. The van der Waals surface area contributed by atoms with E-state index in [1.807, 2.05) is 18.2 Å². The van der Waals surface area contributed by atoms with Crippen LogP contribution in [0.3, 0.4) is 0 Å². The molecule has 4 heteroatoms. The molecule has 20 heavy (non-hydrogen) atoms. The zero-order chi connectivity index (χ0) is 14.3. The molecule has 1 atom stereocenters. The van der Waals surface area contributed by atoms with Crippen molar-refractivity contribution in [2.75, 3.05) is 0 Å². The Bertz CT molecular complexity index is 775. The van der Waals surface area contributed by atoms with E-state index in [2.05, 4.69) is 11.9 Å². The molecule has 2 radical (unpaired) electrons. The van der Waals surface area contributed by atoms with Crippen molar-refractivity contribution in [2.45, 2.75) is 5.92 Å². The summed E-state index contributed by atoms with van der Waals surface area (Å²) >= 11 is 0. The summed E-state index contributed by atoms with van der Waals surface area (Å²) in [4.78, 5) is 14.2. The predicted octanol–water partition coefficient (Wildman–Crippen LogP) is 3.41. The predicted molar refractivity (Wildman–Crippen MR) is 76.3 cm³/mol. The van der Waals surface area contributed by atoms with Crippen LogP contribution >= 0.6 is 0 Å². The van der Waals surface area contributed by atoms with Crippen molar-refractivity contribution in [2.24, 2.45) is 4.99 Å². The topological polar surface area (TPSA) is 69.6 Å². The Hall–Kier alpha value is -2.62. The van der Waals surface area contributed by atoms with E-state index in [0.717, 1.165) is 16.3 Å². The van der Waals surface area contributed by atoms with Crippen molar-refractivity contribution >= 4 is 29.0 Å². The Kier molecular flexibility index (Phi) is 2.79. The van der Waals surface area contributed by atoms with Crippen LogP contribution in [0.4, 0.5) is 0 Å². The second-order valence-corrected chi connectivity index (χ2v) is 4.65. The molecule has 1 unspecified atom stereocenters. The number of rotatable bonds is 2. The van der Waals surface area contributed by atoms with Gasteiger partial charge in [0.15, 0.2) is 5.75 Å². The summed E-state index contributed by atoms with van der Waals surface area (Å²) in [6, 6.07) is 8.78. The van der Waals surface area contributed by atoms with Gasteiger partial charge in [-0.05, 0) is 35.4 Å². The second kappa shape index (κ2) is 4.49. The number of aliphatic hydroxyl groups is 1. The van der Waals surface area contributed by atoms with Crippen molar-refractivity contribution in [1.82, 2.24) is 0 Å². The smallest absolute Gasteiger partial charge is 0.232 e. The molecule has 1 N–H and O–H groups in total. The van der Waals surface area contributed by atoms with E-state index in [1.165, 1.54) is 12.1 Å². The first kappa shape index (κ1) is 12.4. The van der Waals surface area contributed by atoms with Gasteiger partial charge >= 0.3 is 0 Å². The first-order valence-corrected chi connectivity index (χ1v) is 6.10. The minimum atomic E-state index is -0.585. The summed E-state index contributed by atoms with van der Waals surface area (Å²) in [5, 5.41) is 23.8. The number of carbonyl (C=O) groups excluding carboxylic acids is 1. The summed E-state index contributed by atoms with van der Waals surface area (Å²) in [6.07, 6.45) is 1.84. The van der Waals surface area contributed by atoms with E-state index in [1.54, 1.807) is 6.07 Å². The monoisotopic (exact) mass is 265 g/mol. The van der Waals surface area contributed by atoms with Crippen molar-refractivity contribution in [3.8, 4) is 5.75 Å². The molecule has 4 nitrogen and oxygen atoms in total. The van der Waals surface area contributed by atoms with Crippen LogP contribution in [0, 0.1) is 6.92 Å². The maximum atomic E-state index is 11.9. The Morgan fingerprint density at radius 1 is 1.30 bits per heavy atom. The molecular formula is C16H11NO3. The highest BCUT2D eigenvalue weighted by Gasteiger charge is 2.28. The number of benzene rings is 2. The highest BCUT2D eigenvalue weighted by molar-refractivity contribution is 6.07. The zero-order valence-corrected chi connectivity index (χ0v) is 10.5. The van der Waals surface area contributed by atoms with E-state index in [9.17, 15) is 15.0 Å². The van der Waals surface area contributed by atoms with Crippen LogP contribution in [0.25, 0.3) is 16.8 Å². The highest BCUT2D eigenvalue weighted by atomic mass is 16.3. The summed E-state index contributed by atoms with van der Waals surface area (Å²) in [5.41, 5.74) is 1.46. The molecule has 0 aromatic heterocycles. The van der Waals surface area contributed by atoms with Gasteiger partial charge in [-0.25, -0.2) is 4.99 Å². The van der Waals surface area contributed by atoms with Gasteiger partial charge in [0.1, 0.15) is 5.76 Å². The molecule has 0 heterocycles. The standard InChI is InChI=1S/C16H11NO3/c1-9(17-8-18)15-11-4-2-3-10-5-6-13(19)12(16(10)11)7-14(15)20/h2-8,15,20H,1H2. The number of nitrogens with zero attached hydrogens (tertiary/aromatic N) is 1. The minimum absolute atomic E-state index is 0.0242. The number of aliphatic imine (C=N–C) groups is 1. The fourth-order valence-electron chi connectivity index (χ4n) is 2.68. The van der Waals surface area contributed by atoms with Gasteiger partial charge in [0.05, 0.1) is 5.92 Å². The quantitative estimate of drug-likeness (QED) is 0.667. The summed E-state index contributed by atoms with van der Waals surface area (Å²) < 4.78 is 0. The van der Waals surface area contributed by atoms with Gasteiger partial charge in [-0.2, -0.15) is 0 Å². The van der Waals surface area contributed by atoms with Crippen molar-refractivity contribution in [3.05, 3.63) is 54.1 Å². The summed E-state index contributed by atoms with van der Waals surface area (Å²) in [6.45, 7) is 3.72. The van der Waals surface area contributed by atoms with Gasteiger partial charge in [-0.15, -0.1) is 0 Å². The van der Waals surface area contributed by atoms with E-state index >= 15 is 0 Å². The Morgan fingerprint density at radius 2 is 2.10 bits per heavy atom. The number of carbonyl (C=O) groups is 1. The third-order valence-electron chi connectivity index (χ3n) is 3.53. The third kappa shape index (κ3) is 1.69. The lowest BCUT2D eigenvalue weighted by atomic mass is 9.82. The first-order chi connectivity index (χ1) is 9.63. The molecule has 1 amide bonds. The van der Waals surface area contributed by atoms with E-state index in [4.69, 9.17) is 0 Å². The highest BCUT2D eigenvalue weighted by Crippen LogP contribution is 2.41. The van der Waals surface area contributed by atoms with E-state index in [-0.39, 0.29) is 17.2 Å². The molecule has 0 bridgehead atoms. The molecule has 0 saturated heterocycles. The van der Waals surface area contributed by atoms with Crippen molar-refractivity contribution in [1.29, 1.82) is 0 Å². The van der Waals surface area contributed by atoms with E-state index < -0.39 is 5.92 Å². The molecular weight excluding hydrogens is 254 g/mol. The van der Waals surface area contributed by atoms with Gasteiger partial charge in [-0.1, -0.05) is 24.3 Å². The zero-order valence-electron chi connectivity index (χ0n) is 10.5. The Labute approximate surface area is 115 Å². The molecule has 0 fully saturated rings. The van der Waals surface area contributed by atoms with Gasteiger partial charge in [0, 0.05) is 11.3 Å². The van der Waals surface area contributed by atoms with Crippen LogP contribution in [0.15, 0.2) is 41.1 Å². The third-order valence-corrected chi connectivity index (χ3v) is 3.53. The molecule has 98 valence electrons. The SMILES string of the molecule is [CH2]C(=NC=O)C1C(O)=Cc2c([O])ccc3cccc1c23. The molecule has 3 rings (SSSR count). The average Bonchev–Trinajstić information content (AvgIpc) is 2.43. The van der Waals surface area contributed by atoms with Crippen LogP contribution in [-0.2, 0) is 9.90 Å². The maximum absolute atomic E-state index is 11.9. The van der Waals surface area contributed by atoms with Crippen molar-refractivity contribution < 1.29 is 15.0 Å². The normalized spacial score (nSPS) is 17.9. The molecule has 0 spiro atoms. The number of amides is 1. The lowest BCUT2D eigenvalue weighted by Crippen LogP contribution is -2.16. The largest absolute Gasteiger partial charge is 0.511 e. The summed E-state index contributed by atoms with van der Waals surface area (Å²) in [7, 11) is 0. The fourth-order valence-corrected chi connectivity index (χ4v) is 2.68. The number of hydrogen-bond donors (Lipinski definition) is 1. The van der Waals surface area contributed by atoms with Crippen LogP contribution in [0.5, 0.6) is 5.75 Å². The van der Waals surface area contributed by atoms with Gasteiger partial charge in [0.2, 0.25) is 6.41 Å². The molecule has 0 saturated carbocycles. The van der Waals surface area contributed by atoms with Crippen LogP contribution in [0.1, 0.15) is 17.0 Å². The lowest BCUT2D eigenvalue weighted by Gasteiger charge is -2.23. The number of allylic oxidation sites excluding steroid dienone is 1. The van der Waals surface area contributed by atoms with Crippen LogP contribution < -0.4 is 0 Å². The fraction of sp³-hybridized carbons (Fsp3) is 0.0625. The van der Waals surface area contributed by atoms with Crippen molar-refractivity contribution in [3.63, 3.8) is 0 Å². The minimum Gasteiger partial charge on any atom is -0.511 e. The molecule has 1 aliphatic rings. The second-order valence-electron chi connectivity index (χ2n) is 4.65. The first-order valence-electron chi connectivity index (χ1n) is 6.10. The molecule has 2 aromatic carbocycles. The molecule has 0 aliphatic heterocycles. The number of aliphatic hydroxyl groups excluding tert-OH is 1. The Balaban J connectivity index is 2.37. The lowest BCUT2D eigenvalue weighted by molar-refractivity contribution is -0.106. The van der Waals surface area contributed by atoms with Crippen LogP contribution in [0.2, 0.25) is 0 Å². The van der Waals surface area contributed by atoms with Gasteiger partial charge in [-0.3, -0.25) is 9.90 Å².